The highest BCUT2D eigenvalue weighted by Crippen LogP contribution is 2.19. The van der Waals surface area contributed by atoms with E-state index in [-0.39, 0.29) is 6.61 Å². The van der Waals surface area contributed by atoms with Crippen molar-refractivity contribution in [2.75, 3.05) is 13.2 Å². The van der Waals surface area contributed by atoms with Crippen LogP contribution in [0.5, 0.6) is 0 Å². The minimum absolute atomic E-state index is 0.0673. The largest absolute Gasteiger partial charge is 0.396 e. The first-order valence-electron chi connectivity index (χ1n) is 7.06. The van der Waals surface area contributed by atoms with Gasteiger partial charge < -0.3 is 15.3 Å². The molecule has 0 bridgehead atoms. The molecule has 3 heteroatoms. The van der Waals surface area contributed by atoms with E-state index >= 15 is 0 Å². The average Bonchev–Trinajstić information content (AvgIpc) is 2.27. The normalized spacial score (nSPS) is 14.8. The molecule has 0 spiro atoms. The molecular formula is C14H30O3. The second-order valence-corrected chi connectivity index (χ2v) is 5.27. The molecule has 0 saturated heterocycles. The Hall–Kier alpha value is -0.120. The molecule has 0 aliphatic heterocycles. The zero-order valence-electron chi connectivity index (χ0n) is 11.3. The zero-order chi connectivity index (χ0) is 13.0. The highest BCUT2D eigenvalue weighted by molar-refractivity contribution is 4.71. The monoisotopic (exact) mass is 246 g/mol. The summed E-state index contributed by atoms with van der Waals surface area (Å²) < 4.78 is 0. The number of rotatable bonds is 12. The number of aliphatic hydroxyl groups excluding tert-OH is 2. The van der Waals surface area contributed by atoms with E-state index in [2.05, 4.69) is 0 Å². The lowest BCUT2D eigenvalue weighted by molar-refractivity contribution is 0.0232. The van der Waals surface area contributed by atoms with Crippen molar-refractivity contribution in [3.8, 4) is 0 Å². The lowest BCUT2D eigenvalue weighted by Crippen LogP contribution is -2.25. The standard InChI is InChI=1S/C14H30O3/c1-14(17,11-13-16)10-8-6-4-2-3-5-7-9-12-15/h15-17H,2-13H2,1H3. The van der Waals surface area contributed by atoms with E-state index in [1.54, 1.807) is 6.92 Å². The van der Waals surface area contributed by atoms with Crippen LogP contribution in [0.25, 0.3) is 0 Å². The summed E-state index contributed by atoms with van der Waals surface area (Å²) >= 11 is 0. The van der Waals surface area contributed by atoms with Crippen molar-refractivity contribution < 1.29 is 15.3 Å². The summed E-state index contributed by atoms with van der Waals surface area (Å²) in [5.74, 6) is 0. The molecule has 1 unspecified atom stereocenters. The van der Waals surface area contributed by atoms with Crippen LogP contribution in [0.2, 0.25) is 0 Å². The van der Waals surface area contributed by atoms with Gasteiger partial charge in [-0.15, -0.1) is 0 Å². The van der Waals surface area contributed by atoms with E-state index in [1.165, 1.54) is 32.1 Å². The first-order chi connectivity index (χ1) is 8.12. The Bertz CT molecular complexity index is 158. The fourth-order valence-electron chi connectivity index (χ4n) is 2.04. The van der Waals surface area contributed by atoms with Gasteiger partial charge in [-0.05, 0) is 26.2 Å². The summed E-state index contributed by atoms with van der Waals surface area (Å²) in [5.41, 5.74) is -0.685. The van der Waals surface area contributed by atoms with Crippen molar-refractivity contribution in [2.24, 2.45) is 0 Å². The Labute approximate surface area is 106 Å². The van der Waals surface area contributed by atoms with Crippen LogP contribution in [-0.2, 0) is 0 Å². The van der Waals surface area contributed by atoms with Crippen LogP contribution < -0.4 is 0 Å². The predicted octanol–water partition coefficient (Wildman–Crippen LogP) is 2.62. The van der Waals surface area contributed by atoms with Crippen LogP contribution in [0, 0.1) is 0 Å². The summed E-state index contributed by atoms with van der Waals surface area (Å²) in [7, 11) is 0. The average molecular weight is 246 g/mol. The van der Waals surface area contributed by atoms with E-state index in [9.17, 15) is 5.11 Å². The Kier molecular flexibility index (Phi) is 10.9. The highest BCUT2D eigenvalue weighted by Gasteiger charge is 2.18. The molecule has 0 aliphatic carbocycles. The molecule has 3 N–H and O–H groups in total. The van der Waals surface area contributed by atoms with Crippen LogP contribution in [-0.4, -0.2) is 34.1 Å². The van der Waals surface area contributed by atoms with Gasteiger partial charge >= 0.3 is 0 Å². The third kappa shape index (κ3) is 12.1. The van der Waals surface area contributed by atoms with E-state index in [1.807, 2.05) is 0 Å². The fraction of sp³-hybridized carbons (Fsp3) is 1.00. The molecule has 0 radical (unpaired) electrons. The number of unbranched alkanes of at least 4 members (excludes halogenated alkanes) is 7. The molecule has 0 heterocycles. The maximum absolute atomic E-state index is 9.83. The van der Waals surface area contributed by atoms with Gasteiger partial charge in [0.25, 0.3) is 0 Å². The second kappa shape index (κ2) is 11.0. The molecule has 0 aromatic rings. The molecular weight excluding hydrogens is 216 g/mol. The number of hydrogen-bond donors (Lipinski definition) is 3. The van der Waals surface area contributed by atoms with Gasteiger partial charge in [-0.1, -0.05) is 44.9 Å². The summed E-state index contributed by atoms with van der Waals surface area (Å²) in [5, 5.41) is 27.2. The van der Waals surface area contributed by atoms with E-state index in [0.29, 0.717) is 13.0 Å². The Morgan fingerprint density at radius 3 is 1.59 bits per heavy atom. The van der Waals surface area contributed by atoms with Crippen molar-refractivity contribution in [3.63, 3.8) is 0 Å². The molecule has 0 amide bonds. The fourth-order valence-corrected chi connectivity index (χ4v) is 2.04. The molecule has 3 nitrogen and oxygen atoms in total. The summed E-state index contributed by atoms with van der Waals surface area (Å²) in [4.78, 5) is 0. The van der Waals surface area contributed by atoms with Crippen molar-refractivity contribution in [1.29, 1.82) is 0 Å². The van der Waals surface area contributed by atoms with E-state index < -0.39 is 5.60 Å². The first kappa shape index (κ1) is 16.9. The summed E-state index contributed by atoms with van der Waals surface area (Å²) in [6, 6.07) is 0. The molecule has 0 aliphatic rings. The molecule has 0 fully saturated rings. The zero-order valence-corrected chi connectivity index (χ0v) is 11.3. The predicted molar refractivity (Wildman–Crippen MR) is 71.0 cm³/mol. The van der Waals surface area contributed by atoms with Crippen molar-refractivity contribution >= 4 is 0 Å². The van der Waals surface area contributed by atoms with Crippen molar-refractivity contribution in [2.45, 2.75) is 76.7 Å². The van der Waals surface area contributed by atoms with Crippen molar-refractivity contribution in [3.05, 3.63) is 0 Å². The first-order valence-corrected chi connectivity index (χ1v) is 7.06. The summed E-state index contributed by atoms with van der Waals surface area (Å²) in [6.07, 6.45) is 10.5. The van der Waals surface area contributed by atoms with E-state index in [4.69, 9.17) is 10.2 Å². The molecule has 0 aromatic carbocycles. The number of hydrogen-bond acceptors (Lipinski definition) is 3. The topological polar surface area (TPSA) is 60.7 Å². The van der Waals surface area contributed by atoms with Crippen LogP contribution in [0.1, 0.15) is 71.1 Å². The lowest BCUT2D eigenvalue weighted by atomic mass is 9.94. The van der Waals surface area contributed by atoms with Gasteiger partial charge in [-0.2, -0.15) is 0 Å². The Morgan fingerprint density at radius 2 is 1.12 bits per heavy atom. The summed E-state index contributed by atoms with van der Waals surface area (Å²) in [6.45, 7) is 2.19. The van der Waals surface area contributed by atoms with Gasteiger partial charge in [0, 0.05) is 13.2 Å². The molecule has 104 valence electrons. The van der Waals surface area contributed by atoms with Crippen LogP contribution in [0.15, 0.2) is 0 Å². The molecule has 0 rings (SSSR count). The Balaban J connectivity index is 3.18. The smallest absolute Gasteiger partial charge is 0.0641 e. The maximum atomic E-state index is 9.83. The quantitative estimate of drug-likeness (QED) is 0.464. The van der Waals surface area contributed by atoms with Crippen LogP contribution in [0.3, 0.4) is 0 Å². The van der Waals surface area contributed by atoms with Crippen LogP contribution >= 0.6 is 0 Å². The molecule has 17 heavy (non-hydrogen) atoms. The van der Waals surface area contributed by atoms with Crippen molar-refractivity contribution in [1.82, 2.24) is 0 Å². The van der Waals surface area contributed by atoms with Gasteiger partial charge in [-0.25, -0.2) is 0 Å². The molecule has 0 saturated carbocycles. The SMILES string of the molecule is CC(O)(CCO)CCCCCCCCCCO. The van der Waals surface area contributed by atoms with Gasteiger partial charge in [0.05, 0.1) is 5.60 Å². The van der Waals surface area contributed by atoms with E-state index in [0.717, 1.165) is 25.7 Å². The minimum atomic E-state index is -0.685. The Morgan fingerprint density at radius 1 is 0.647 bits per heavy atom. The minimum Gasteiger partial charge on any atom is -0.396 e. The molecule has 1 atom stereocenters. The van der Waals surface area contributed by atoms with Gasteiger partial charge in [0.2, 0.25) is 0 Å². The number of aliphatic hydroxyl groups is 3. The van der Waals surface area contributed by atoms with Gasteiger partial charge in [0.1, 0.15) is 0 Å². The van der Waals surface area contributed by atoms with Gasteiger partial charge in [0.15, 0.2) is 0 Å². The second-order valence-electron chi connectivity index (χ2n) is 5.27. The highest BCUT2D eigenvalue weighted by atomic mass is 16.3. The maximum Gasteiger partial charge on any atom is 0.0641 e. The lowest BCUT2D eigenvalue weighted by Gasteiger charge is -2.21. The van der Waals surface area contributed by atoms with Crippen LogP contribution in [0.4, 0.5) is 0 Å². The van der Waals surface area contributed by atoms with Gasteiger partial charge in [-0.3, -0.25) is 0 Å². The molecule has 0 aromatic heterocycles. The third-order valence-electron chi connectivity index (χ3n) is 3.27. The third-order valence-corrected chi connectivity index (χ3v) is 3.27.